The van der Waals surface area contributed by atoms with Crippen molar-refractivity contribution in [1.82, 2.24) is 15.2 Å². The summed E-state index contributed by atoms with van der Waals surface area (Å²) in [5.74, 6) is 1.32. The first-order valence-corrected chi connectivity index (χ1v) is 10.1. The number of thiazole rings is 1. The Bertz CT molecular complexity index is 1150. The molecule has 148 valence electrons. The van der Waals surface area contributed by atoms with Crippen LogP contribution in [0.5, 0.6) is 5.75 Å². The number of Topliss-reactive ketones (excluding diaryl/α,β-unsaturated/α-hetero) is 1. The summed E-state index contributed by atoms with van der Waals surface area (Å²) in [7, 11) is 0. The largest absolute Gasteiger partial charge is 0.493 e. The van der Waals surface area contributed by atoms with Gasteiger partial charge in [0.05, 0.1) is 28.8 Å². The second-order valence-electron chi connectivity index (χ2n) is 6.59. The fraction of sp³-hybridized carbons (Fsp3) is 0.238. The van der Waals surface area contributed by atoms with Crippen LogP contribution in [0, 0.1) is 0 Å². The number of hydrogen-bond acceptors (Lipinski definition) is 8. The van der Waals surface area contributed by atoms with E-state index >= 15 is 0 Å². The minimum Gasteiger partial charge on any atom is -0.493 e. The summed E-state index contributed by atoms with van der Waals surface area (Å²) in [6.07, 6.45) is 1.26. The second-order valence-corrected chi connectivity index (χ2v) is 7.65. The number of hydrogen-bond donors (Lipinski definition) is 1. The Labute approximate surface area is 171 Å². The van der Waals surface area contributed by atoms with Gasteiger partial charge in [-0.3, -0.25) is 4.79 Å². The first-order chi connectivity index (χ1) is 14.1. The molecule has 0 aliphatic carbocycles. The highest BCUT2D eigenvalue weighted by molar-refractivity contribution is 7.22. The fourth-order valence-corrected chi connectivity index (χ4v) is 3.77. The molecule has 2 aromatic carbocycles. The summed E-state index contributed by atoms with van der Waals surface area (Å²) in [6.45, 7) is 2.65. The number of carbonyl (C=O) groups excluding carboxylic acids is 1. The van der Waals surface area contributed by atoms with Gasteiger partial charge < -0.3 is 14.9 Å². The van der Waals surface area contributed by atoms with Crippen LogP contribution >= 0.6 is 11.3 Å². The molecule has 0 saturated heterocycles. The van der Waals surface area contributed by atoms with Crippen LogP contribution in [0.2, 0.25) is 0 Å². The average molecular weight is 408 g/mol. The van der Waals surface area contributed by atoms with Crippen molar-refractivity contribution in [2.45, 2.75) is 26.2 Å². The molecule has 0 atom stereocenters. The molecule has 0 spiro atoms. The Morgan fingerprint density at radius 3 is 2.90 bits per heavy atom. The smallest absolute Gasteiger partial charge is 0.251 e. The van der Waals surface area contributed by atoms with E-state index in [0.29, 0.717) is 29.3 Å². The van der Waals surface area contributed by atoms with Crippen LogP contribution < -0.4 is 10.5 Å². The van der Waals surface area contributed by atoms with Gasteiger partial charge >= 0.3 is 0 Å². The van der Waals surface area contributed by atoms with Crippen LogP contribution in [0.15, 0.2) is 46.9 Å². The lowest BCUT2D eigenvalue weighted by Crippen LogP contribution is -2.06. The Morgan fingerprint density at radius 2 is 2.03 bits per heavy atom. The van der Waals surface area contributed by atoms with Crippen molar-refractivity contribution < 1.29 is 13.9 Å². The molecule has 4 aromatic rings. The van der Waals surface area contributed by atoms with Crippen molar-refractivity contribution in [3.8, 4) is 17.2 Å². The number of benzene rings is 2. The summed E-state index contributed by atoms with van der Waals surface area (Å²) in [6, 6.07) is 13.2. The summed E-state index contributed by atoms with van der Waals surface area (Å²) in [4.78, 5) is 16.7. The molecule has 0 radical (unpaired) electrons. The minimum atomic E-state index is -0.00689. The maximum Gasteiger partial charge on any atom is 0.251 e. The Balaban J connectivity index is 1.45. The van der Waals surface area contributed by atoms with E-state index < -0.39 is 0 Å². The van der Waals surface area contributed by atoms with Gasteiger partial charge in [-0.2, -0.15) is 0 Å². The quantitative estimate of drug-likeness (QED) is 0.468. The number of carbonyl (C=O) groups is 1. The molecule has 2 N–H and O–H groups in total. The number of rotatable bonds is 8. The fourth-order valence-electron chi connectivity index (χ4n) is 2.97. The van der Waals surface area contributed by atoms with Crippen LogP contribution in [0.1, 0.15) is 24.8 Å². The molecule has 0 fully saturated rings. The van der Waals surface area contributed by atoms with Crippen LogP contribution in [0.3, 0.4) is 0 Å². The van der Waals surface area contributed by atoms with Crippen molar-refractivity contribution in [3.05, 3.63) is 53.9 Å². The highest BCUT2D eigenvalue weighted by Gasteiger charge is 2.16. The van der Waals surface area contributed by atoms with Gasteiger partial charge in [0.25, 0.3) is 5.89 Å². The van der Waals surface area contributed by atoms with Crippen molar-refractivity contribution in [2.24, 2.45) is 0 Å². The van der Waals surface area contributed by atoms with Gasteiger partial charge in [-0.15, -0.1) is 10.2 Å². The number of para-hydroxylation sites is 1. The standard InChI is InChI=1S/C21H20N4O3S/c1-2-9-27-17-6-4-3-5-15(17)20-25-24-19(28-20)12-14(26)10-13-7-8-16-18(11-13)29-21(22)23-16/h3-8,11H,2,9-10,12H2,1H3,(H2,22,23). The molecule has 2 aromatic heterocycles. The van der Waals surface area contributed by atoms with Gasteiger partial charge in [0.2, 0.25) is 5.89 Å². The van der Waals surface area contributed by atoms with Gasteiger partial charge in [-0.1, -0.05) is 36.5 Å². The number of nitrogen functional groups attached to an aromatic ring is 1. The molecule has 7 nitrogen and oxygen atoms in total. The van der Waals surface area contributed by atoms with Gasteiger partial charge in [-0.05, 0) is 36.2 Å². The Hall–Kier alpha value is -3.26. The lowest BCUT2D eigenvalue weighted by molar-refractivity contribution is -0.118. The molecule has 0 aliphatic heterocycles. The second kappa shape index (κ2) is 8.40. The number of anilines is 1. The third kappa shape index (κ3) is 4.43. The molecule has 0 saturated carbocycles. The first kappa shape index (κ1) is 19.1. The number of aromatic nitrogens is 3. The molecule has 4 rings (SSSR count). The third-order valence-electron chi connectivity index (χ3n) is 4.27. The van der Waals surface area contributed by atoms with Crippen LogP contribution in [-0.4, -0.2) is 27.6 Å². The maximum atomic E-state index is 12.5. The molecule has 29 heavy (non-hydrogen) atoms. The Morgan fingerprint density at radius 1 is 1.17 bits per heavy atom. The van der Waals surface area contributed by atoms with E-state index in [9.17, 15) is 4.79 Å². The van der Waals surface area contributed by atoms with Crippen molar-refractivity contribution in [3.63, 3.8) is 0 Å². The van der Waals surface area contributed by atoms with Crippen LogP contribution in [-0.2, 0) is 17.6 Å². The molecule has 2 heterocycles. The zero-order valence-electron chi connectivity index (χ0n) is 15.9. The zero-order chi connectivity index (χ0) is 20.2. The molecule has 0 unspecified atom stereocenters. The molecule has 0 amide bonds. The number of ketones is 1. The number of fused-ring (bicyclic) bond motifs is 1. The van der Waals surface area contributed by atoms with E-state index in [1.165, 1.54) is 11.3 Å². The van der Waals surface area contributed by atoms with E-state index in [1.807, 2.05) is 49.4 Å². The average Bonchev–Trinajstić information content (AvgIpc) is 3.31. The highest BCUT2D eigenvalue weighted by Crippen LogP contribution is 2.29. The predicted octanol–water partition coefficient (Wildman–Crippen LogP) is 4.07. The zero-order valence-corrected chi connectivity index (χ0v) is 16.7. The van der Waals surface area contributed by atoms with Crippen molar-refractivity contribution >= 4 is 32.5 Å². The van der Waals surface area contributed by atoms with E-state index in [-0.39, 0.29) is 18.6 Å². The number of nitrogens with two attached hydrogens (primary N) is 1. The minimum absolute atomic E-state index is 0.00689. The lowest BCUT2D eigenvalue weighted by Gasteiger charge is -2.07. The summed E-state index contributed by atoms with van der Waals surface area (Å²) >= 11 is 1.41. The van der Waals surface area contributed by atoms with E-state index in [0.717, 1.165) is 27.8 Å². The van der Waals surface area contributed by atoms with Gasteiger partial charge in [0.1, 0.15) is 11.5 Å². The van der Waals surface area contributed by atoms with Crippen LogP contribution in [0.25, 0.3) is 21.7 Å². The number of ether oxygens (including phenoxy) is 1. The van der Waals surface area contributed by atoms with Crippen molar-refractivity contribution in [2.75, 3.05) is 12.3 Å². The number of nitrogens with zero attached hydrogens (tertiary/aromatic N) is 3. The maximum absolute atomic E-state index is 12.5. The molecular weight excluding hydrogens is 388 g/mol. The summed E-state index contributed by atoms with van der Waals surface area (Å²) in [5.41, 5.74) is 8.21. The third-order valence-corrected chi connectivity index (χ3v) is 5.11. The first-order valence-electron chi connectivity index (χ1n) is 9.33. The van der Waals surface area contributed by atoms with Gasteiger partial charge in [0, 0.05) is 6.42 Å². The van der Waals surface area contributed by atoms with Gasteiger partial charge in [-0.25, -0.2) is 4.98 Å². The monoisotopic (exact) mass is 408 g/mol. The highest BCUT2D eigenvalue weighted by atomic mass is 32.1. The normalized spacial score (nSPS) is 11.1. The molecule has 0 aliphatic rings. The van der Waals surface area contributed by atoms with E-state index in [1.54, 1.807) is 0 Å². The van der Waals surface area contributed by atoms with E-state index in [2.05, 4.69) is 15.2 Å². The predicted molar refractivity (Wildman–Crippen MR) is 112 cm³/mol. The molecule has 0 bridgehead atoms. The molecule has 8 heteroatoms. The Kier molecular flexibility index (Phi) is 5.53. The van der Waals surface area contributed by atoms with E-state index in [4.69, 9.17) is 14.9 Å². The topological polar surface area (TPSA) is 104 Å². The van der Waals surface area contributed by atoms with Crippen LogP contribution in [0.4, 0.5) is 5.13 Å². The van der Waals surface area contributed by atoms with Crippen molar-refractivity contribution in [1.29, 1.82) is 0 Å². The van der Waals surface area contributed by atoms with Gasteiger partial charge in [0.15, 0.2) is 5.13 Å². The SMILES string of the molecule is CCCOc1ccccc1-c1nnc(CC(=O)Cc2ccc3nc(N)sc3c2)o1. The lowest BCUT2D eigenvalue weighted by atomic mass is 10.1. The summed E-state index contributed by atoms with van der Waals surface area (Å²) in [5, 5.41) is 8.64. The molecular formula is C21H20N4O3S. The summed E-state index contributed by atoms with van der Waals surface area (Å²) < 4.78 is 12.4.